The van der Waals surface area contributed by atoms with Gasteiger partial charge in [-0.15, -0.1) is 0 Å². The van der Waals surface area contributed by atoms with Crippen LogP contribution < -0.4 is 11.1 Å². The maximum atomic E-state index is 11.6. The topological polar surface area (TPSA) is 82.2 Å². The van der Waals surface area contributed by atoms with Gasteiger partial charge in [0.15, 0.2) is 0 Å². The second-order valence-electron chi connectivity index (χ2n) is 4.92. The number of carbonyl (C=O) groups excluding carboxylic acids is 1. The number of amides is 2. The zero-order chi connectivity index (χ0) is 12.2. The van der Waals surface area contributed by atoms with Crippen molar-refractivity contribution >= 4 is 11.9 Å². The van der Waals surface area contributed by atoms with Crippen LogP contribution in [0.15, 0.2) is 0 Å². The minimum Gasteiger partial charge on any atom is -0.387 e. The second-order valence-corrected chi connectivity index (χ2v) is 4.92. The van der Waals surface area contributed by atoms with Crippen molar-refractivity contribution in [2.45, 2.75) is 33.2 Å². The van der Waals surface area contributed by atoms with Crippen LogP contribution in [0.1, 0.15) is 27.7 Å². The highest BCUT2D eigenvalue weighted by Gasteiger charge is 2.18. The fourth-order valence-corrected chi connectivity index (χ4v) is 1.01. The van der Waals surface area contributed by atoms with Crippen molar-refractivity contribution in [3.63, 3.8) is 0 Å². The maximum absolute atomic E-state index is 11.6. The molecule has 0 saturated heterocycles. The molecule has 0 fully saturated rings. The van der Waals surface area contributed by atoms with Crippen molar-refractivity contribution in [1.29, 1.82) is 5.41 Å². The molecule has 0 saturated carbocycles. The molecule has 4 N–H and O–H groups in total. The zero-order valence-electron chi connectivity index (χ0n) is 10.2. The van der Waals surface area contributed by atoms with E-state index < -0.39 is 0 Å². The standard InChI is InChI=1S/C10H22N4O/c1-7(8(11)12)6-14(5)9(15)13-10(2,3)4/h7H,6H2,1-5H3,(H3,11,12)(H,13,15). The van der Waals surface area contributed by atoms with Crippen molar-refractivity contribution in [3.05, 3.63) is 0 Å². The van der Waals surface area contributed by atoms with Crippen molar-refractivity contribution in [3.8, 4) is 0 Å². The first kappa shape index (κ1) is 13.7. The lowest BCUT2D eigenvalue weighted by Crippen LogP contribution is -2.48. The molecule has 0 spiro atoms. The highest BCUT2D eigenvalue weighted by atomic mass is 16.2. The molecule has 0 aliphatic rings. The van der Waals surface area contributed by atoms with E-state index >= 15 is 0 Å². The van der Waals surface area contributed by atoms with Gasteiger partial charge >= 0.3 is 6.03 Å². The van der Waals surface area contributed by atoms with Crippen molar-refractivity contribution in [2.24, 2.45) is 11.7 Å². The van der Waals surface area contributed by atoms with Crippen LogP contribution in [0.2, 0.25) is 0 Å². The Labute approximate surface area is 91.5 Å². The molecule has 88 valence electrons. The molecule has 1 atom stereocenters. The van der Waals surface area contributed by atoms with Gasteiger partial charge in [0.1, 0.15) is 0 Å². The van der Waals surface area contributed by atoms with Crippen LogP contribution in [-0.4, -0.2) is 35.9 Å². The van der Waals surface area contributed by atoms with E-state index in [2.05, 4.69) is 5.32 Å². The number of nitrogens with zero attached hydrogens (tertiary/aromatic N) is 1. The van der Waals surface area contributed by atoms with Crippen molar-refractivity contribution in [2.75, 3.05) is 13.6 Å². The fourth-order valence-electron chi connectivity index (χ4n) is 1.01. The van der Waals surface area contributed by atoms with E-state index in [0.717, 1.165) is 0 Å². The van der Waals surface area contributed by atoms with Gasteiger partial charge < -0.3 is 16.0 Å². The Hall–Kier alpha value is -1.26. The molecule has 0 aromatic rings. The fraction of sp³-hybridized carbons (Fsp3) is 0.800. The quantitative estimate of drug-likeness (QED) is 0.484. The third kappa shape index (κ3) is 5.93. The lowest BCUT2D eigenvalue weighted by Gasteiger charge is -2.27. The lowest BCUT2D eigenvalue weighted by molar-refractivity contribution is 0.196. The molecule has 2 amide bonds. The number of nitrogens with two attached hydrogens (primary N) is 1. The molecule has 5 heteroatoms. The molecule has 0 rings (SSSR count). The smallest absolute Gasteiger partial charge is 0.317 e. The number of carbonyl (C=O) groups is 1. The summed E-state index contributed by atoms with van der Waals surface area (Å²) in [5.41, 5.74) is 5.09. The van der Waals surface area contributed by atoms with Gasteiger partial charge in [0, 0.05) is 25.0 Å². The van der Waals surface area contributed by atoms with Crippen LogP contribution in [0.3, 0.4) is 0 Å². The Morgan fingerprint density at radius 1 is 1.53 bits per heavy atom. The van der Waals surface area contributed by atoms with Crippen LogP contribution in [0.25, 0.3) is 0 Å². The third-order valence-corrected chi connectivity index (χ3v) is 1.91. The first-order chi connectivity index (χ1) is 6.63. The second kappa shape index (κ2) is 5.00. The number of rotatable bonds is 3. The van der Waals surface area contributed by atoms with E-state index in [1.165, 1.54) is 4.90 Å². The minimum atomic E-state index is -0.245. The average Bonchev–Trinajstić information content (AvgIpc) is 2.00. The van der Waals surface area contributed by atoms with Gasteiger partial charge in [0.05, 0.1) is 5.84 Å². The summed E-state index contributed by atoms with van der Waals surface area (Å²) < 4.78 is 0. The van der Waals surface area contributed by atoms with Crippen molar-refractivity contribution in [1.82, 2.24) is 10.2 Å². The largest absolute Gasteiger partial charge is 0.387 e. The lowest BCUT2D eigenvalue weighted by atomic mass is 10.1. The highest BCUT2D eigenvalue weighted by molar-refractivity contribution is 5.80. The van der Waals surface area contributed by atoms with Gasteiger partial charge in [-0.1, -0.05) is 6.92 Å². The molecule has 0 aliphatic heterocycles. The van der Waals surface area contributed by atoms with Gasteiger partial charge in [0.25, 0.3) is 0 Å². The summed E-state index contributed by atoms with van der Waals surface area (Å²) in [5.74, 6) is -0.00822. The van der Waals surface area contributed by atoms with E-state index in [-0.39, 0.29) is 23.3 Å². The highest BCUT2D eigenvalue weighted by Crippen LogP contribution is 2.02. The van der Waals surface area contributed by atoms with Crippen LogP contribution in [-0.2, 0) is 0 Å². The monoisotopic (exact) mass is 214 g/mol. The van der Waals surface area contributed by atoms with Gasteiger partial charge in [-0.3, -0.25) is 5.41 Å². The normalized spacial score (nSPS) is 13.1. The minimum absolute atomic E-state index is 0.102. The summed E-state index contributed by atoms with van der Waals surface area (Å²) in [6.45, 7) is 8.05. The Morgan fingerprint density at radius 2 is 2.00 bits per heavy atom. The van der Waals surface area contributed by atoms with Gasteiger partial charge in [-0.25, -0.2) is 4.79 Å². The van der Waals surface area contributed by atoms with Gasteiger partial charge in [-0.2, -0.15) is 0 Å². The SMILES string of the molecule is CC(CN(C)C(=O)NC(C)(C)C)C(=N)N. The number of hydrogen-bond donors (Lipinski definition) is 3. The van der Waals surface area contributed by atoms with E-state index in [1.54, 1.807) is 7.05 Å². The first-order valence-corrected chi connectivity index (χ1v) is 5.00. The average molecular weight is 214 g/mol. The summed E-state index contributed by atoms with van der Waals surface area (Å²) >= 11 is 0. The Balaban J connectivity index is 4.17. The molecule has 0 aliphatic carbocycles. The number of nitrogens with one attached hydrogen (secondary N) is 2. The van der Waals surface area contributed by atoms with Crippen LogP contribution in [0.5, 0.6) is 0 Å². The molecular weight excluding hydrogens is 192 g/mol. The number of urea groups is 1. The first-order valence-electron chi connectivity index (χ1n) is 5.00. The molecule has 5 nitrogen and oxygen atoms in total. The summed E-state index contributed by atoms with van der Waals surface area (Å²) in [7, 11) is 1.69. The molecule has 0 aromatic carbocycles. The summed E-state index contributed by atoms with van der Waals surface area (Å²) in [6, 6.07) is -0.143. The summed E-state index contributed by atoms with van der Waals surface area (Å²) in [5, 5.41) is 10.1. The number of amidine groups is 1. The molecule has 0 heterocycles. The van der Waals surface area contributed by atoms with E-state index in [1.807, 2.05) is 27.7 Å². The van der Waals surface area contributed by atoms with Crippen LogP contribution in [0, 0.1) is 11.3 Å². The van der Waals surface area contributed by atoms with Gasteiger partial charge in [-0.05, 0) is 20.8 Å². The maximum Gasteiger partial charge on any atom is 0.317 e. The molecule has 15 heavy (non-hydrogen) atoms. The molecule has 0 bridgehead atoms. The molecular formula is C10H22N4O. The molecule has 1 unspecified atom stereocenters. The summed E-state index contributed by atoms with van der Waals surface area (Å²) in [6.07, 6.45) is 0. The van der Waals surface area contributed by atoms with E-state index in [4.69, 9.17) is 11.1 Å². The summed E-state index contributed by atoms with van der Waals surface area (Å²) in [4.78, 5) is 13.2. The third-order valence-electron chi connectivity index (χ3n) is 1.91. The Kier molecular flexibility index (Phi) is 4.58. The van der Waals surface area contributed by atoms with E-state index in [0.29, 0.717) is 6.54 Å². The molecule has 0 aromatic heterocycles. The van der Waals surface area contributed by atoms with E-state index in [9.17, 15) is 4.79 Å². The van der Waals surface area contributed by atoms with Crippen LogP contribution in [0.4, 0.5) is 4.79 Å². The number of hydrogen-bond acceptors (Lipinski definition) is 2. The molecule has 0 radical (unpaired) electrons. The van der Waals surface area contributed by atoms with Crippen LogP contribution >= 0.6 is 0 Å². The Bertz CT molecular complexity index is 244. The predicted molar refractivity (Wildman–Crippen MR) is 62.0 cm³/mol. The van der Waals surface area contributed by atoms with Crippen molar-refractivity contribution < 1.29 is 4.79 Å². The van der Waals surface area contributed by atoms with Gasteiger partial charge in [0.2, 0.25) is 0 Å². The predicted octanol–water partition coefficient (Wildman–Crippen LogP) is 0.998. The zero-order valence-corrected chi connectivity index (χ0v) is 10.2. The Morgan fingerprint density at radius 3 is 2.33 bits per heavy atom.